The summed E-state index contributed by atoms with van der Waals surface area (Å²) in [4.78, 5) is 64.7. The predicted octanol–water partition coefficient (Wildman–Crippen LogP) is -3.27. The topological polar surface area (TPSA) is 268 Å². The van der Waals surface area contributed by atoms with Crippen LogP contribution in [0.4, 0.5) is 0 Å². The fourth-order valence-corrected chi connectivity index (χ4v) is 0. The van der Waals surface area contributed by atoms with E-state index < -0.39 is 23.5 Å². The average molecular weight is 335 g/mol. The molecule has 0 aromatic heterocycles. The van der Waals surface area contributed by atoms with Gasteiger partial charge in [-0.05, 0) is 0 Å². The molecule has 17 heavy (non-hydrogen) atoms. The van der Waals surface area contributed by atoms with E-state index in [-0.39, 0.29) is 35.7 Å². The first-order chi connectivity index (χ1) is 6.00. The third-order valence-electron chi connectivity index (χ3n) is 0. The normalized spacial score (nSPS) is 10.4. The van der Waals surface area contributed by atoms with Gasteiger partial charge < -0.3 is 50.2 Å². The van der Waals surface area contributed by atoms with Crippen molar-refractivity contribution in [3.05, 3.63) is 0 Å². The Bertz CT molecular complexity index is 208. The monoisotopic (exact) mass is 335 g/mol. The fraction of sp³-hybridized carbons (Fsp3) is 0. The van der Waals surface area contributed by atoms with Crippen LogP contribution in [-0.4, -0.2) is 73.6 Å². The summed E-state index contributed by atoms with van der Waals surface area (Å²) < 4.78 is 26.6. The molecular weight excluding hydrogens is 322 g/mol. The second kappa shape index (κ2) is 12.3. The summed E-state index contributed by atoms with van der Waals surface area (Å²) in [6.07, 6.45) is 0. The Morgan fingerprint density at radius 3 is 0.471 bits per heavy atom. The number of hydrogen-bond acceptors (Lipinski definition) is 4. The van der Waals surface area contributed by atoms with E-state index in [1.165, 1.54) is 0 Å². The van der Waals surface area contributed by atoms with Crippen LogP contribution in [0.1, 0.15) is 0 Å². The first kappa shape index (κ1) is 31.0. The van der Waals surface area contributed by atoms with Crippen molar-refractivity contribution in [3.63, 3.8) is 0 Å². The summed E-state index contributed by atoms with van der Waals surface area (Å²) in [7, 11) is -13.9. The zero-order chi connectivity index (χ0) is 13.5. The minimum absolute atomic E-state index is 0. The molecule has 13 nitrogen and oxygen atoms in total. The molecule has 0 heterocycles. The second-order valence-electron chi connectivity index (χ2n) is 1.54. The maximum absolute atomic E-state index is 8.88. The van der Waals surface area contributed by atoms with Crippen LogP contribution in [0.15, 0.2) is 0 Å². The Morgan fingerprint density at radius 1 is 0.471 bits per heavy atom. The fourth-order valence-electron chi connectivity index (χ4n) is 0. The molecule has 0 saturated carbocycles. The number of rotatable bonds is 0. The van der Waals surface area contributed by atoms with Crippen LogP contribution in [0.2, 0.25) is 0 Å². The van der Waals surface area contributed by atoms with Gasteiger partial charge in [0.25, 0.3) is 0 Å². The van der Waals surface area contributed by atoms with Crippen molar-refractivity contribution in [2.24, 2.45) is 0 Å². The van der Waals surface area contributed by atoms with Crippen molar-refractivity contribution in [3.8, 4) is 0 Å². The second-order valence-corrected chi connectivity index (χ2v) is 4.62. The molecular formula is H13NNaO12P3. The average Bonchev–Trinajstić information content (AvgIpc) is 1.41. The standard InChI is InChI=1S/H3N.Na.3H3O4P.H/c;;3*1-5(2,3)4;/h1H3;;3*(H3,1,2,3,4);. The molecule has 0 aliphatic heterocycles. The molecule has 0 bridgehead atoms. The summed E-state index contributed by atoms with van der Waals surface area (Å²) in [5.74, 6) is 0. The van der Waals surface area contributed by atoms with E-state index in [0.717, 1.165) is 0 Å². The van der Waals surface area contributed by atoms with E-state index in [2.05, 4.69) is 0 Å². The van der Waals surface area contributed by atoms with Gasteiger partial charge in [-0.2, -0.15) is 0 Å². The molecule has 0 fully saturated rings. The predicted molar refractivity (Wildman–Crippen MR) is 55.0 cm³/mol. The van der Waals surface area contributed by atoms with Crippen molar-refractivity contribution >= 4 is 53.0 Å². The van der Waals surface area contributed by atoms with Gasteiger partial charge in [0.1, 0.15) is 0 Å². The Balaban J connectivity index is -0.0000000400. The molecule has 0 aromatic carbocycles. The summed E-state index contributed by atoms with van der Waals surface area (Å²) >= 11 is 0. The molecule has 0 spiro atoms. The SMILES string of the molecule is N.O=P(O)(O)O.O=P(O)(O)O.O=P(O)(O)O.[NaH]. The zero-order valence-electron chi connectivity index (χ0n) is 7.30. The molecule has 17 heteroatoms. The van der Waals surface area contributed by atoms with E-state index in [1.807, 2.05) is 0 Å². The minimum atomic E-state index is -4.64. The van der Waals surface area contributed by atoms with Crippen LogP contribution in [0.5, 0.6) is 0 Å². The molecule has 0 aliphatic carbocycles. The number of phosphoric acid groups is 3. The van der Waals surface area contributed by atoms with Gasteiger partial charge in [-0.25, -0.2) is 13.7 Å². The van der Waals surface area contributed by atoms with Gasteiger partial charge in [0, 0.05) is 0 Å². The molecule has 0 rings (SSSR count). The van der Waals surface area contributed by atoms with Crippen LogP contribution in [-0.2, 0) is 13.7 Å². The Hall–Kier alpha value is 1.29. The molecule has 0 unspecified atom stereocenters. The van der Waals surface area contributed by atoms with Gasteiger partial charge in [0.2, 0.25) is 0 Å². The van der Waals surface area contributed by atoms with Gasteiger partial charge >= 0.3 is 53.0 Å². The molecule has 0 aromatic rings. The molecule has 0 amide bonds. The molecule has 0 aliphatic rings. The van der Waals surface area contributed by atoms with Crippen molar-refractivity contribution in [1.82, 2.24) is 6.15 Å². The van der Waals surface area contributed by atoms with Gasteiger partial charge in [0.05, 0.1) is 0 Å². The van der Waals surface area contributed by atoms with E-state index in [4.69, 9.17) is 57.7 Å². The zero-order valence-corrected chi connectivity index (χ0v) is 9.98. The van der Waals surface area contributed by atoms with Gasteiger partial charge in [0.15, 0.2) is 0 Å². The molecule has 106 valence electrons. The Labute approximate surface area is 117 Å². The van der Waals surface area contributed by atoms with Crippen LogP contribution in [0.3, 0.4) is 0 Å². The molecule has 0 saturated heterocycles. The number of hydrogen-bond donors (Lipinski definition) is 10. The van der Waals surface area contributed by atoms with Crippen molar-refractivity contribution < 1.29 is 57.7 Å². The quantitative estimate of drug-likeness (QED) is 0.154. The summed E-state index contributed by atoms with van der Waals surface area (Å²) in [6.45, 7) is 0. The first-order valence-electron chi connectivity index (χ1n) is 2.35. The van der Waals surface area contributed by atoms with Gasteiger partial charge in [-0.3, -0.25) is 0 Å². The van der Waals surface area contributed by atoms with Crippen LogP contribution < -0.4 is 6.15 Å². The first-order valence-corrected chi connectivity index (χ1v) is 7.04. The Morgan fingerprint density at radius 2 is 0.471 bits per heavy atom. The van der Waals surface area contributed by atoms with Crippen LogP contribution >= 0.6 is 23.5 Å². The van der Waals surface area contributed by atoms with Crippen molar-refractivity contribution in [2.45, 2.75) is 0 Å². The van der Waals surface area contributed by atoms with Crippen LogP contribution in [0, 0.1) is 0 Å². The summed E-state index contributed by atoms with van der Waals surface area (Å²) in [6, 6.07) is 0. The molecule has 12 N–H and O–H groups in total. The summed E-state index contributed by atoms with van der Waals surface area (Å²) in [5, 5.41) is 0. The maximum atomic E-state index is 8.88. The third-order valence-corrected chi connectivity index (χ3v) is 0. The van der Waals surface area contributed by atoms with Crippen molar-refractivity contribution in [2.75, 3.05) is 0 Å². The summed E-state index contributed by atoms with van der Waals surface area (Å²) in [5.41, 5.74) is 0. The van der Waals surface area contributed by atoms with E-state index in [0.29, 0.717) is 0 Å². The van der Waals surface area contributed by atoms with Crippen LogP contribution in [0.25, 0.3) is 0 Å². The van der Waals surface area contributed by atoms with E-state index in [1.54, 1.807) is 0 Å². The van der Waals surface area contributed by atoms with E-state index >= 15 is 0 Å². The van der Waals surface area contributed by atoms with Gasteiger partial charge in [-0.15, -0.1) is 0 Å². The Kier molecular flexibility index (Phi) is 22.5. The van der Waals surface area contributed by atoms with Crippen molar-refractivity contribution in [1.29, 1.82) is 0 Å². The third kappa shape index (κ3) is 2430. The van der Waals surface area contributed by atoms with Gasteiger partial charge in [-0.1, -0.05) is 0 Å². The molecule has 0 atom stereocenters. The molecule has 0 radical (unpaired) electrons. The van der Waals surface area contributed by atoms with E-state index in [9.17, 15) is 0 Å².